The van der Waals surface area contributed by atoms with Gasteiger partial charge in [-0.05, 0) is 78.4 Å². The van der Waals surface area contributed by atoms with Crippen LogP contribution in [0.15, 0.2) is 81.3 Å². The average Bonchev–Trinajstić information content (AvgIpc) is 2.98. The summed E-state index contributed by atoms with van der Waals surface area (Å²) in [4.78, 5) is 17.3. The lowest BCUT2D eigenvalue weighted by Gasteiger charge is -2.23. The van der Waals surface area contributed by atoms with Crippen LogP contribution in [0.4, 0.5) is 0 Å². The minimum atomic E-state index is -4.47. The molecule has 1 heterocycles. The monoisotopic (exact) mass is 566 g/mol. The van der Waals surface area contributed by atoms with E-state index in [4.69, 9.17) is 0 Å². The summed E-state index contributed by atoms with van der Waals surface area (Å²) in [7, 11) is -4.47. The zero-order valence-electron chi connectivity index (χ0n) is 23.1. The maximum absolute atomic E-state index is 14.0. The molecule has 0 aliphatic heterocycles. The zero-order valence-corrected chi connectivity index (χ0v) is 23.9. The van der Waals surface area contributed by atoms with Crippen LogP contribution in [0.2, 0.25) is 0 Å². The van der Waals surface area contributed by atoms with Gasteiger partial charge in [0, 0.05) is 6.42 Å². The van der Waals surface area contributed by atoms with E-state index in [9.17, 15) is 28.8 Å². The molecule has 0 unspecified atom stereocenters. The van der Waals surface area contributed by atoms with Gasteiger partial charge in [-0.15, -0.1) is 0 Å². The summed E-state index contributed by atoms with van der Waals surface area (Å²) in [5.74, 6) is -0.551. The van der Waals surface area contributed by atoms with Crippen molar-refractivity contribution < 1.29 is 13.5 Å². The highest BCUT2D eigenvalue weighted by molar-refractivity contribution is 7.91. The first-order valence-electron chi connectivity index (χ1n) is 13.4. The number of benzene rings is 3. The van der Waals surface area contributed by atoms with E-state index in [1.807, 2.05) is 26.8 Å². The number of hydrogen-bond acceptors (Lipinski definition) is 7. The van der Waals surface area contributed by atoms with Crippen molar-refractivity contribution in [3.63, 3.8) is 0 Å². The van der Waals surface area contributed by atoms with Crippen molar-refractivity contribution in [3.05, 3.63) is 105 Å². The van der Waals surface area contributed by atoms with Gasteiger partial charge in [0.2, 0.25) is 15.7 Å². The first-order chi connectivity index (χ1) is 19.7. The van der Waals surface area contributed by atoms with E-state index in [0.717, 1.165) is 17.5 Å². The summed E-state index contributed by atoms with van der Waals surface area (Å²) in [5.41, 5.74) is 3.10. The highest BCUT2D eigenvalue weighted by atomic mass is 32.2. The van der Waals surface area contributed by atoms with Gasteiger partial charge in [-0.1, -0.05) is 50.6 Å². The maximum Gasteiger partial charge on any atom is 0.277 e. The summed E-state index contributed by atoms with van der Waals surface area (Å²) >= 11 is 0. The molecule has 3 aromatic carbocycles. The number of aromatic nitrogens is 2. The molecule has 0 amide bonds. The third-order valence-electron chi connectivity index (χ3n) is 7.09. The Hall–Kier alpha value is -4.73. The highest BCUT2D eigenvalue weighted by Crippen LogP contribution is 2.31. The van der Waals surface area contributed by atoms with Gasteiger partial charge in [0.1, 0.15) is 5.82 Å². The second-order valence-corrected chi connectivity index (χ2v) is 11.7. The lowest BCUT2D eigenvalue weighted by atomic mass is 9.98. The molecule has 41 heavy (non-hydrogen) atoms. The van der Waals surface area contributed by atoms with Crippen molar-refractivity contribution >= 4 is 9.84 Å². The van der Waals surface area contributed by atoms with Gasteiger partial charge in [-0.3, -0.25) is 9.36 Å². The predicted molar refractivity (Wildman–Crippen MR) is 155 cm³/mol. The molecule has 4 rings (SSSR count). The molecule has 9 heteroatoms. The fraction of sp³-hybridized carbons (Fsp3) is 0.250. The summed E-state index contributed by atoms with van der Waals surface area (Å²) in [6, 6.07) is 21.7. The smallest absolute Gasteiger partial charge is 0.277 e. The second-order valence-electron chi connectivity index (χ2n) is 9.79. The van der Waals surface area contributed by atoms with E-state index in [1.54, 1.807) is 48.5 Å². The minimum Gasteiger partial charge on any atom is -0.492 e. The number of rotatable bonds is 9. The van der Waals surface area contributed by atoms with Gasteiger partial charge >= 0.3 is 0 Å². The Bertz CT molecular complexity index is 1850. The van der Waals surface area contributed by atoms with Gasteiger partial charge in [0.25, 0.3) is 5.56 Å². The van der Waals surface area contributed by atoms with Crippen molar-refractivity contribution in [2.24, 2.45) is 0 Å². The van der Waals surface area contributed by atoms with Crippen molar-refractivity contribution in [3.8, 4) is 29.1 Å². The topological polar surface area (TPSA) is 137 Å². The number of nitrogens with zero attached hydrogens (tertiary/aromatic N) is 4. The van der Waals surface area contributed by atoms with Crippen molar-refractivity contribution in [2.45, 2.75) is 62.3 Å². The second kappa shape index (κ2) is 12.2. The largest absolute Gasteiger partial charge is 0.492 e. The van der Waals surface area contributed by atoms with Crippen LogP contribution in [0, 0.1) is 29.6 Å². The standard InChI is InChI=1S/C32H30N4O4S/c1-4-6-10-29-35-31(37)30(32(38)36(29)28(5-2)25-9-7-8-22(17-25)19-33)41(39,40)26-15-13-24(14-16-26)27-18-23(20-34)12-11-21(27)3/h7-9,11-18,28,37H,4-6,10H2,1-3H3/t28-/m0/s1. The van der Waals surface area contributed by atoms with Crippen LogP contribution in [0.25, 0.3) is 11.1 Å². The summed E-state index contributed by atoms with van der Waals surface area (Å²) in [6.07, 6.45) is 2.28. The molecular formula is C32H30N4O4S. The van der Waals surface area contributed by atoms with E-state index < -0.39 is 32.2 Å². The molecule has 0 aliphatic carbocycles. The molecule has 0 saturated carbocycles. The first-order valence-corrected chi connectivity index (χ1v) is 14.8. The molecule has 1 atom stereocenters. The van der Waals surface area contributed by atoms with E-state index in [-0.39, 0.29) is 10.7 Å². The molecule has 0 radical (unpaired) electrons. The van der Waals surface area contributed by atoms with Crippen LogP contribution >= 0.6 is 0 Å². The zero-order chi connectivity index (χ0) is 29.7. The van der Waals surface area contributed by atoms with Crippen molar-refractivity contribution in [1.82, 2.24) is 9.55 Å². The molecule has 0 aliphatic rings. The number of aromatic hydroxyl groups is 1. The fourth-order valence-electron chi connectivity index (χ4n) is 4.93. The Morgan fingerprint density at radius 1 is 0.976 bits per heavy atom. The molecule has 0 bridgehead atoms. The SMILES string of the molecule is CCCCc1nc(O)c(S(=O)(=O)c2ccc(-c3cc(C#N)ccc3C)cc2)c(=O)n1[C@@H](CC)c1cccc(C#N)c1. The normalized spacial score (nSPS) is 11.9. The predicted octanol–water partition coefficient (Wildman–Crippen LogP) is 5.84. The molecule has 8 nitrogen and oxygen atoms in total. The molecule has 0 spiro atoms. The quantitative estimate of drug-likeness (QED) is 0.269. The third kappa shape index (κ3) is 5.77. The number of hydrogen-bond donors (Lipinski definition) is 1. The number of aryl methyl sites for hydroxylation is 2. The summed E-state index contributed by atoms with van der Waals surface area (Å²) in [5, 5.41) is 29.5. The van der Waals surface area contributed by atoms with Crippen LogP contribution < -0.4 is 5.56 Å². The van der Waals surface area contributed by atoms with Crippen LogP contribution in [0.5, 0.6) is 5.88 Å². The van der Waals surface area contributed by atoms with Gasteiger partial charge in [0.15, 0.2) is 4.90 Å². The molecule has 0 fully saturated rings. The van der Waals surface area contributed by atoms with Crippen LogP contribution in [-0.4, -0.2) is 23.1 Å². The third-order valence-corrected chi connectivity index (χ3v) is 8.88. The Balaban J connectivity index is 1.87. The maximum atomic E-state index is 14.0. The molecule has 0 saturated heterocycles. The molecular weight excluding hydrogens is 536 g/mol. The van der Waals surface area contributed by atoms with E-state index in [1.165, 1.54) is 16.7 Å². The Kier molecular flexibility index (Phi) is 8.71. The van der Waals surface area contributed by atoms with Crippen LogP contribution in [-0.2, 0) is 16.3 Å². The Labute approximate surface area is 239 Å². The summed E-state index contributed by atoms with van der Waals surface area (Å²) in [6.45, 7) is 5.74. The average molecular weight is 567 g/mol. The molecule has 208 valence electrons. The lowest BCUT2D eigenvalue weighted by molar-refractivity contribution is 0.406. The van der Waals surface area contributed by atoms with Gasteiger partial charge in [0.05, 0.1) is 34.2 Å². The van der Waals surface area contributed by atoms with Gasteiger partial charge in [-0.2, -0.15) is 15.5 Å². The first kappa shape index (κ1) is 29.3. The lowest BCUT2D eigenvalue weighted by Crippen LogP contribution is -2.33. The highest BCUT2D eigenvalue weighted by Gasteiger charge is 2.31. The van der Waals surface area contributed by atoms with Crippen molar-refractivity contribution in [1.29, 1.82) is 10.5 Å². The van der Waals surface area contributed by atoms with Gasteiger partial charge < -0.3 is 5.11 Å². The number of sulfone groups is 1. The summed E-state index contributed by atoms with van der Waals surface area (Å²) < 4.78 is 29.0. The Morgan fingerprint density at radius 2 is 1.66 bits per heavy atom. The van der Waals surface area contributed by atoms with Gasteiger partial charge in [-0.25, -0.2) is 8.42 Å². The Morgan fingerprint density at radius 3 is 2.29 bits per heavy atom. The number of unbranched alkanes of at least 4 members (excludes halogenated alkanes) is 1. The van der Waals surface area contributed by atoms with E-state index in [0.29, 0.717) is 41.5 Å². The van der Waals surface area contributed by atoms with Crippen LogP contribution in [0.3, 0.4) is 0 Å². The molecule has 4 aromatic rings. The molecule has 1 aromatic heterocycles. The van der Waals surface area contributed by atoms with Crippen LogP contribution in [0.1, 0.15) is 67.2 Å². The minimum absolute atomic E-state index is 0.170. The fourth-order valence-corrected chi connectivity index (χ4v) is 6.28. The van der Waals surface area contributed by atoms with Crippen molar-refractivity contribution in [2.75, 3.05) is 0 Å². The number of nitriles is 2. The van der Waals surface area contributed by atoms with E-state index in [2.05, 4.69) is 17.1 Å². The molecule has 1 N–H and O–H groups in total. The van der Waals surface area contributed by atoms with E-state index >= 15 is 0 Å².